The highest BCUT2D eigenvalue weighted by atomic mass is 35.5. The molecule has 0 spiro atoms. The van der Waals surface area contributed by atoms with Crippen LogP contribution < -0.4 is 11.1 Å². The molecule has 0 aromatic heterocycles. The van der Waals surface area contributed by atoms with Crippen molar-refractivity contribution in [1.82, 2.24) is 4.90 Å². The Kier molecular flexibility index (Phi) is 4.77. The molecule has 108 valence electrons. The molecule has 1 aliphatic rings. The molecule has 1 amide bonds. The number of primary amides is 1. The number of nitrogens with zero attached hydrogens (tertiary/aromatic N) is 1. The van der Waals surface area contributed by atoms with E-state index in [0.717, 1.165) is 12.8 Å². The number of carbonyl (C=O) groups is 1. The number of thiocarbonyl (C=S) groups is 1. The Balaban J connectivity index is 2.09. The molecule has 1 aromatic carbocycles. The summed E-state index contributed by atoms with van der Waals surface area (Å²) in [5, 5.41) is 3.38. The molecule has 1 aromatic rings. The predicted molar refractivity (Wildman–Crippen MR) is 81.2 cm³/mol. The van der Waals surface area contributed by atoms with Gasteiger partial charge >= 0.3 is 0 Å². The summed E-state index contributed by atoms with van der Waals surface area (Å²) in [6.07, 6.45) is 2.60. The molecule has 3 N–H and O–H groups in total. The van der Waals surface area contributed by atoms with Crippen molar-refractivity contribution in [3.63, 3.8) is 0 Å². The van der Waals surface area contributed by atoms with Crippen LogP contribution in [0, 0.1) is 5.82 Å². The van der Waals surface area contributed by atoms with Gasteiger partial charge in [-0.15, -0.1) is 0 Å². The maximum absolute atomic E-state index is 13.1. The van der Waals surface area contributed by atoms with Crippen LogP contribution in [0.5, 0.6) is 0 Å². The molecule has 1 heterocycles. The van der Waals surface area contributed by atoms with E-state index in [-0.39, 0.29) is 17.0 Å². The van der Waals surface area contributed by atoms with E-state index in [1.807, 2.05) is 0 Å². The van der Waals surface area contributed by atoms with E-state index in [4.69, 9.17) is 29.6 Å². The molecule has 0 unspecified atom stereocenters. The van der Waals surface area contributed by atoms with Gasteiger partial charge in [-0.2, -0.15) is 0 Å². The Morgan fingerprint density at radius 3 is 2.90 bits per heavy atom. The van der Waals surface area contributed by atoms with E-state index in [9.17, 15) is 9.18 Å². The summed E-state index contributed by atoms with van der Waals surface area (Å²) in [4.78, 5) is 13.2. The highest BCUT2D eigenvalue weighted by Gasteiger charge is 2.28. The SMILES string of the molecule is NC(=O)[C@H]1CCCCN1C(=S)Nc1ccc(F)c(Cl)c1. The van der Waals surface area contributed by atoms with Gasteiger partial charge in [0.15, 0.2) is 5.11 Å². The van der Waals surface area contributed by atoms with Crippen LogP contribution in [0.1, 0.15) is 19.3 Å². The molecule has 0 bridgehead atoms. The molecule has 2 rings (SSSR count). The molecular formula is C13H15ClFN3OS. The highest BCUT2D eigenvalue weighted by molar-refractivity contribution is 7.80. The van der Waals surface area contributed by atoms with E-state index in [1.165, 1.54) is 18.2 Å². The van der Waals surface area contributed by atoms with E-state index < -0.39 is 5.82 Å². The van der Waals surface area contributed by atoms with E-state index in [1.54, 1.807) is 4.90 Å². The Morgan fingerprint density at radius 1 is 1.50 bits per heavy atom. The van der Waals surface area contributed by atoms with Gasteiger partial charge < -0.3 is 16.0 Å². The minimum absolute atomic E-state index is 0.0166. The van der Waals surface area contributed by atoms with E-state index in [2.05, 4.69) is 5.32 Å². The number of anilines is 1. The zero-order valence-corrected chi connectivity index (χ0v) is 12.3. The maximum Gasteiger partial charge on any atom is 0.240 e. The van der Waals surface area contributed by atoms with Gasteiger partial charge in [-0.25, -0.2) is 4.39 Å². The molecule has 0 radical (unpaired) electrons. The second kappa shape index (κ2) is 6.37. The predicted octanol–water partition coefficient (Wildman–Crippen LogP) is 2.52. The first-order valence-corrected chi connectivity index (χ1v) is 7.09. The molecule has 7 heteroatoms. The van der Waals surface area contributed by atoms with Crippen LogP contribution in [0.25, 0.3) is 0 Å². The van der Waals surface area contributed by atoms with Gasteiger partial charge in [-0.3, -0.25) is 4.79 Å². The van der Waals surface area contributed by atoms with Crippen molar-refractivity contribution in [3.05, 3.63) is 29.0 Å². The van der Waals surface area contributed by atoms with Crippen LogP contribution in [0.15, 0.2) is 18.2 Å². The number of nitrogens with two attached hydrogens (primary N) is 1. The summed E-state index contributed by atoms with van der Waals surface area (Å²) >= 11 is 11.0. The van der Waals surface area contributed by atoms with Crippen LogP contribution in [-0.4, -0.2) is 28.5 Å². The zero-order valence-electron chi connectivity index (χ0n) is 10.7. The fraction of sp³-hybridized carbons (Fsp3) is 0.385. The average Bonchev–Trinajstić information content (AvgIpc) is 2.43. The number of hydrogen-bond acceptors (Lipinski definition) is 2. The van der Waals surface area contributed by atoms with Crippen molar-refractivity contribution in [1.29, 1.82) is 0 Å². The van der Waals surface area contributed by atoms with Crippen LogP contribution >= 0.6 is 23.8 Å². The Morgan fingerprint density at radius 2 is 2.25 bits per heavy atom. The summed E-state index contributed by atoms with van der Waals surface area (Å²) in [6, 6.07) is 3.86. The Hall–Kier alpha value is -1.40. The topological polar surface area (TPSA) is 58.4 Å². The smallest absolute Gasteiger partial charge is 0.240 e. The third-order valence-electron chi connectivity index (χ3n) is 3.26. The molecule has 0 saturated carbocycles. The highest BCUT2D eigenvalue weighted by Crippen LogP contribution is 2.22. The number of nitrogens with one attached hydrogen (secondary N) is 1. The molecule has 1 atom stereocenters. The number of piperidine rings is 1. The minimum Gasteiger partial charge on any atom is -0.368 e. The van der Waals surface area contributed by atoms with Gasteiger partial charge in [0.25, 0.3) is 0 Å². The lowest BCUT2D eigenvalue weighted by atomic mass is 10.0. The van der Waals surface area contributed by atoms with Crippen molar-refractivity contribution in [3.8, 4) is 0 Å². The first kappa shape index (κ1) is 15.0. The van der Waals surface area contributed by atoms with Crippen molar-refractivity contribution in [2.24, 2.45) is 5.73 Å². The third-order valence-corrected chi connectivity index (χ3v) is 3.89. The van der Waals surface area contributed by atoms with Gasteiger partial charge in [0.2, 0.25) is 5.91 Å². The average molecular weight is 316 g/mol. The molecule has 20 heavy (non-hydrogen) atoms. The fourth-order valence-electron chi connectivity index (χ4n) is 2.24. The largest absolute Gasteiger partial charge is 0.368 e. The summed E-state index contributed by atoms with van der Waals surface area (Å²) in [7, 11) is 0. The minimum atomic E-state index is -0.490. The molecule has 1 fully saturated rings. The molecule has 1 aliphatic heterocycles. The van der Waals surface area contributed by atoms with Crippen molar-refractivity contribution in [2.75, 3.05) is 11.9 Å². The first-order chi connectivity index (χ1) is 9.49. The molecule has 0 aliphatic carbocycles. The van der Waals surface area contributed by atoms with Gasteiger partial charge in [0, 0.05) is 12.2 Å². The zero-order chi connectivity index (χ0) is 14.7. The van der Waals surface area contributed by atoms with Crippen molar-refractivity contribution >= 4 is 40.5 Å². The lowest BCUT2D eigenvalue weighted by Crippen LogP contribution is -2.51. The maximum atomic E-state index is 13.1. The van der Waals surface area contributed by atoms with Gasteiger partial charge in [0.05, 0.1) is 5.02 Å². The lowest BCUT2D eigenvalue weighted by molar-refractivity contribution is -0.122. The van der Waals surface area contributed by atoms with Crippen LogP contribution in [0.3, 0.4) is 0 Å². The third kappa shape index (κ3) is 3.37. The van der Waals surface area contributed by atoms with Crippen molar-refractivity contribution < 1.29 is 9.18 Å². The van der Waals surface area contributed by atoms with Gasteiger partial charge in [-0.05, 0) is 49.7 Å². The standard InChI is InChI=1S/C13H15ClFN3OS/c14-9-7-8(4-5-10(9)15)17-13(20)18-6-2-1-3-11(18)12(16)19/h4-5,7,11H,1-3,6H2,(H2,16,19)(H,17,20)/t11-/m1/s1. The number of likely N-dealkylation sites (tertiary alicyclic amines) is 1. The fourth-order valence-corrected chi connectivity index (χ4v) is 2.76. The number of carbonyl (C=O) groups excluding carboxylic acids is 1. The number of halogens is 2. The Bertz CT molecular complexity index is 540. The second-order valence-electron chi connectivity index (χ2n) is 4.67. The lowest BCUT2D eigenvalue weighted by Gasteiger charge is -2.35. The van der Waals surface area contributed by atoms with Crippen LogP contribution in [0.4, 0.5) is 10.1 Å². The van der Waals surface area contributed by atoms with Gasteiger partial charge in [-0.1, -0.05) is 11.6 Å². The summed E-state index contributed by atoms with van der Waals surface area (Å²) in [5.74, 6) is -0.873. The van der Waals surface area contributed by atoms with E-state index >= 15 is 0 Å². The molecule has 1 saturated heterocycles. The normalized spacial score (nSPS) is 18.7. The molecular weight excluding hydrogens is 301 g/mol. The summed E-state index contributed by atoms with van der Waals surface area (Å²) < 4.78 is 13.1. The number of amides is 1. The van der Waals surface area contributed by atoms with Crippen LogP contribution in [-0.2, 0) is 4.79 Å². The number of rotatable bonds is 2. The van der Waals surface area contributed by atoms with Crippen molar-refractivity contribution in [2.45, 2.75) is 25.3 Å². The number of hydrogen-bond donors (Lipinski definition) is 2. The quantitative estimate of drug-likeness (QED) is 0.823. The van der Waals surface area contributed by atoms with E-state index in [0.29, 0.717) is 23.8 Å². The monoisotopic (exact) mass is 315 g/mol. The van der Waals surface area contributed by atoms with Gasteiger partial charge in [0.1, 0.15) is 11.9 Å². The first-order valence-electron chi connectivity index (χ1n) is 6.31. The van der Waals surface area contributed by atoms with Crippen LogP contribution in [0.2, 0.25) is 5.02 Å². The summed E-state index contributed by atoms with van der Waals surface area (Å²) in [5.41, 5.74) is 5.97. The Labute approximate surface area is 127 Å². The summed E-state index contributed by atoms with van der Waals surface area (Å²) in [6.45, 7) is 0.675. The number of benzene rings is 1. The second-order valence-corrected chi connectivity index (χ2v) is 5.46. The molecule has 4 nitrogen and oxygen atoms in total.